The van der Waals surface area contributed by atoms with E-state index in [9.17, 15) is 14.2 Å². The Morgan fingerprint density at radius 3 is 2.52 bits per heavy atom. The van der Waals surface area contributed by atoms with Crippen molar-refractivity contribution in [1.29, 1.82) is 0 Å². The van der Waals surface area contributed by atoms with Gasteiger partial charge in [0, 0.05) is 12.3 Å². The van der Waals surface area contributed by atoms with E-state index in [1.165, 1.54) is 16.8 Å². The fraction of sp³-hybridized carbons (Fsp3) is 0.538. The van der Waals surface area contributed by atoms with Crippen molar-refractivity contribution in [2.24, 2.45) is 0 Å². The van der Waals surface area contributed by atoms with Gasteiger partial charge in [-0.3, -0.25) is 27.9 Å². The van der Waals surface area contributed by atoms with Crippen molar-refractivity contribution in [2.75, 3.05) is 19.8 Å². The highest BCUT2D eigenvalue weighted by Gasteiger charge is 2.29. The average molecular weight is 346 g/mol. The van der Waals surface area contributed by atoms with Crippen LogP contribution in [0.3, 0.4) is 0 Å². The van der Waals surface area contributed by atoms with E-state index in [0.717, 1.165) is 0 Å². The molecule has 0 spiro atoms. The molecule has 1 aromatic heterocycles. The van der Waals surface area contributed by atoms with Crippen LogP contribution >= 0.6 is 7.82 Å². The minimum absolute atomic E-state index is 0.0532. The molecule has 1 aliphatic rings. The van der Waals surface area contributed by atoms with Gasteiger partial charge in [-0.1, -0.05) is 6.08 Å². The Balaban J connectivity index is 1.96. The van der Waals surface area contributed by atoms with Gasteiger partial charge in [0.25, 0.3) is 5.56 Å². The zero-order valence-corrected chi connectivity index (χ0v) is 13.7. The van der Waals surface area contributed by atoms with Crippen LogP contribution in [0.25, 0.3) is 0 Å². The van der Waals surface area contributed by atoms with Gasteiger partial charge >= 0.3 is 13.5 Å². The third-order valence-electron chi connectivity index (χ3n) is 2.90. The Morgan fingerprint density at radius 1 is 1.22 bits per heavy atom. The summed E-state index contributed by atoms with van der Waals surface area (Å²) in [6.07, 6.45) is 3.45. The van der Waals surface area contributed by atoms with E-state index < -0.39 is 31.4 Å². The van der Waals surface area contributed by atoms with E-state index in [4.69, 9.17) is 18.3 Å². The molecule has 2 atom stereocenters. The molecule has 0 fully saturated rings. The molecule has 9 nitrogen and oxygen atoms in total. The molecule has 0 unspecified atom stereocenters. The lowest BCUT2D eigenvalue weighted by Crippen LogP contribution is -2.32. The summed E-state index contributed by atoms with van der Waals surface area (Å²) >= 11 is 0. The second kappa shape index (κ2) is 7.85. The molecule has 1 N–H and O–H groups in total. The summed E-state index contributed by atoms with van der Waals surface area (Å²) < 4.78 is 34.2. The molecular weight excluding hydrogens is 327 g/mol. The SMILES string of the molecule is CCOP(=O)(OCC)OC[C@@H]1C=C[C@H](n2ccc(=O)[nH]c2=O)O1. The van der Waals surface area contributed by atoms with Crippen LogP contribution in [0.1, 0.15) is 20.1 Å². The van der Waals surface area contributed by atoms with E-state index in [-0.39, 0.29) is 19.8 Å². The predicted molar refractivity (Wildman–Crippen MR) is 81.2 cm³/mol. The molecule has 0 aromatic carbocycles. The summed E-state index contributed by atoms with van der Waals surface area (Å²) in [4.78, 5) is 24.9. The Labute approximate surface area is 132 Å². The van der Waals surface area contributed by atoms with Crippen molar-refractivity contribution in [3.63, 3.8) is 0 Å². The van der Waals surface area contributed by atoms with E-state index in [1.54, 1.807) is 26.0 Å². The van der Waals surface area contributed by atoms with Crippen LogP contribution in [0.4, 0.5) is 0 Å². The second-order valence-corrected chi connectivity index (χ2v) is 6.21. The number of hydrogen-bond acceptors (Lipinski definition) is 7. The maximum Gasteiger partial charge on any atom is 0.474 e. The largest absolute Gasteiger partial charge is 0.474 e. The molecule has 2 heterocycles. The third kappa shape index (κ3) is 4.73. The number of phosphoric acid groups is 1. The summed E-state index contributed by atoms with van der Waals surface area (Å²) in [5.74, 6) is 0. The lowest BCUT2D eigenvalue weighted by atomic mass is 10.4. The fourth-order valence-electron chi connectivity index (χ4n) is 1.96. The summed E-state index contributed by atoms with van der Waals surface area (Å²) in [6, 6.07) is 1.22. The van der Waals surface area contributed by atoms with Crippen LogP contribution < -0.4 is 11.2 Å². The Morgan fingerprint density at radius 2 is 1.91 bits per heavy atom. The van der Waals surface area contributed by atoms with Crippen LogP contribution in [-0.4, -0.2) is 35.5 Å². The Hall–Kier alpha value is -1.51. The predicted octanol–water partition coefficient (Wildman–Crippen LogP) is 1.19. The standard InChI is InChI=1S/C13H19N2O7P/c1-3-19-23(18,20-4-2)21-9-10-5-6-12(22-10)15-8-7-11(16)14-13(15)17/h5-8,10,12H,3-4,9H2,1-2H3,(H,14,16,17)/t10-,12+/m0/s1. The monoisotopic (exact) mass is 346 g/mol. The van der Waals surface area contributed by atoms with Crippen LogP contribution in [-0.2, 0) is 22.9 Å². The number of hydrogen-bond donors (Lipinski definition) is 1. The summed E-state index contributed by atoms with van der Waals surface area (Å²) in [5, 5.41) is 0. The molecule has 0 saturated heterocycles. The normalized spacial score (nSPS) is 21.0. The fourth-order valence-corrected chi connectivity index (χ4v) is 3.15. The van der Waals surface area contributed by atoms with Crippen LogP contribution in [0.5, 0.6) is 0 Å². The zero-order chi connectivity index (χ0) is 16.9. The highest BCUT2D eigenvalue weighted by Crippen LogP contribution is 2.49. The van der Waals surface area contributed by atoms with E-state index in [2.05, 4.69) is 4.98 Å². The van der Waals surface area contributed by atoms with Crippen molar-refractivity contribution in [3.05, 3.63) is 45.3 Å². The zero-order valence-electron chi connectivity index (χ0n) is 12.8. The third-order valence-corrected chi connectivity index (χ3v) is 4.52. The molecule has 1 aliphatic heterocycles. The maximum absolute atomic E-state index is 12.2. The molecule has 0 radical (unpaired) electrons. The van der Waals surface area contributed by atoms with Gasteiger partial charge in [0.15, 0.2) is 6.23 Å². The van der Waals surface area contributed by atoms with Gasteiger partial charge in [0.1, 0.15) is 6.10 Å². The number of rotatable bonds is 8. The van der Waals surface area contributed by atoms with E-state index >= 15 is 0 Å². The van der Waals surface area contributed by atoms with Gasteiger partial charge in [0.2, 0.25) is 0 Å². The maximum atomic E-state index is 12.2. The number of phosphoric ester groups is 1. The number of nitrogens with one attached hydrogen (secondary N) is 1. The minimum atomic E-state index is -3.61. The molecule has 2 rings (SSSR count). The van der Waals surface area contributed by atoms with Crippen molar-refractivity contribution in [3.8, 4) is 0 Å². The van der Waals surface area contributed by atoms with Gasteiger partial charge in [0.05, 0.1) is 19.8 Å². The molecule has 0 amide bonds. The number of ether oxygens (including phenoxy) is 1. The van der Waals surface area contributed by atoms with E-state index in [1.807, 2.05) is 0 Å². The molecule has 1 aromatic rings. The Bertz CT molecular complexity index is 701. The number of aromatic nitrogens is 2. The lowest BCUT2D eigenvalue weighted by Gasteiger charge is -2.19. The average Bonchev–Trinajstić information content (AvgIpc) is 2.94. The first-order valence-electron chi connectivity index (χ1n) is 7.16. The first-order chi connectivity index (χ1) is 11.0. The summed E-state index contributed by atoms with van der Waals surface area (Å²) in [7, 11) is -3.61. The van der Waals surface area contributed by atoms with Crippen molar-refractivity contribution < 1.29 is 22.9 Å². The molecular formula is C13H19N2O7P. The van der Waals surface area contributed by atoms with Crippen molar-refractivity contribution >= 4 is 7.82 Å². The number of H-pyrrole nitrogens is 1. The minimum Gasteiger partial charge on any atom is -0.344 e. The molecule has 23 heavy (non-hydrogen) atoms. The van der Waals surface area contributed by atoms with Gasteiger partial charge < -0.3 is 4.74 Å². The van der Waals surface area contributed by atoms with Gasteiger partial charge in [-0.2, -0.15) is 0 Å². The molecule has 0 aliphatic carbocycles. The summed E-state index contributed by atoms with van der Waals surface area (Å²) in [5.41, 5.74) is -1.06. The van der Waals surface area contributed by atoms with Gasteiger partial charge in [-0.25, -0.2) is 9.36 Å². The molecule has 10 heteroatoms. The number of aromatic amines is 1. The van der Waals surface area contributed by atoms with Crippen LogP contribution in [0.15, 0.2) is 34.0 Å². The van der Waals surface area contributed by atoms with Crippen LogP contribution in [0, 0.1) is 0 Å². The first kappa shape index (κ1) is 17.8. The topological polar surface area (TPSA) is 109 Å². The number of nitrogens with zero attached hydrogens (tertiary/aromatic N) is 1. The second-order valence-electron chi connectivity index (χ2n) is 4.55. The molecule has 0 saturated carbocycles. The van der Waals surface area contributed by atoms with Gasteiger partial charge in [-0.15, -0.1) is 0 Å². The van der Waals surface area contributed by atoms with Crippen molar-refractivity contribution in [2.45, 2.75) is 26.2 Å². The molecule has 0 bridgehead atoms. The quantitative estimate of drug-likeness (QED) is 0.556. The smallest absolute Gasteiger partial charge is 0.344 e. The highest BCUT2D eigenvalue weighted by molar-refractivity contribution is 7.48. The van der Waals surface area contributed by atoms with Gasteiger partial charge in [-0.05, 0) is 19.9 Å². The highest BCUT2D eigenvalue weighted by atomic mass is 31.2. The molecule has 128 valence electrons. The van der Waals surface area contributed by atoms with Crippen molar-refractivity contribution in [1.82, 2.24) is 9.55 Å². The first-order valence-corrected chi connectivity index (χ1v) is 8.62. The Kier molecular flexibility index (Phi) is 6.09. The van der Waals surface area contributed by atoms with Crippen LogP contribution in [0.2, 0.25) is 0 Å². The summed E-state index contributed by atoms with van der Waals surface area (Å²) in [6.45, 7) is 3.68. The van der Waals surface area contributed by atoms with E-state index in [0.29, 0.717) is 0 Å². The lowest BCUT2D eigenvalue weighted by molar-refractivity contribution is -0.0143.